The number of rotatable bonds is 4. The summed E-state index contributed by atoms with van der Waals surface area (Å²) in [5, 5.41) is 2.95. The molecule has 3 heterocycles. The van der Waals surface area contributed by atoms with E-state index in [1.54, 1.807) is 18.5 Å². The molecule has 2 aromatic rings. The van der Waals surface area contributed by atoms with Crippen molar-refractivity contribution < 1.29 is 4.79 Å². The van der Waals surface area contributed by atoms with Crippen LogP contribution in [0.2, 0.25) is 0 Å². The van der Waals surface area contributed by atoms with Crippen molar-refractivity contribution in [3.63, 3.8) is 0 Å². The smallest absolute Gasteiger partial charge is 0.331 e. The minimum Gasteiger partial charge on any atom is -0.350 e. The number of nitrogens with one attached hydrogen (secondary N) is 1. The molecule has 1 N–H and O–H groups in total. The van der Waals surface area contributed by atoms with E-state index in [1.165, 1.54) is 23.9 Å². The summed E-state index contributed by atoms with van der Waals surface area (Å²) in [6.45, 7) is 1.35. The van der Waals surface area contributed by atoms with E-state index in [0.29, 0.717) is 12.5 Å². The van der Waals surface area contributed by atoms with Crippen molar-refractivity contribution >= 4 is 11.9 Å². The molecule has 1 atom stereocenters. The summed E-state index contributed by atoms with van der Waals surface area (Å²) in [6, 6.07) is 3.00. The van der Waals surface area contributed by atoms with Crippen LogP contribution >= 0.6 is 0 Å². The molecule has 3 rings (SSSR count). The third-order valence-electron chi connectivity index (χ3n) is 4.20. The normalized spacial score (nSPS) is 17.3. The number of piperidine rings is 1. The van der Waals surface area contributed by atoms with Gasteiger partial charge in [-0.05, 0) is 18.9 Å². The number of anilines is 1. The van der Waals surface area contributed by atoms with Gasteiger partial charge >= 0.3 is 5.69 Å². The maximum absolute atomic E-state index is 12.3. The van der Waals surface area contributed by atoms with Gasteiger partial charge in [0.1, 0.15) is 6.54 Å². The van der Waals surface area contributed by atoms with Crippen LogP contribution in [0, 0.1) is 0 Å². The average molecular weight is 344 g/mol. The summed E-state index contributed by atoms with van der Waals surface area (Å²) < 4.78 is 2.19. The number of carbonyl (C=O) groups is 1. The Balaban J connectivity index is 1.62. The molecule has 1 aliphatic heterocycles. The molecule has 9 heteroatoms. The summed E-state index contributed by atoms with van der Waals surface area (Å²) in [4.78, 5) is 46.1. The zero-order chi connectivity index (χ0) is 17.8. The van der Waals surface area contributed by atoms with Crippen molar-refractivity contribution in [1.82, 2.24) is 24.4 Å². The molecule has 0 spiro atoms. The first-order chi connectivity index (χ1) is 12.0. The Morgan fingerprint density at radius 2 is 2.08 bits per heavy atom. The van der Waals surface area contributed by atoms with Gasteiger partial charge in [-0.2, -0.15) is 0 Å². The highest BCUT2D eigenvalue weighted by atomic mass is 16.2. The molecule has 1 amide bonds. The first-order valence-electron chi connectivity index (χ1n) is 8.12. The van der Waals surface area contributed by atoms with Crippen LogP contribution in [0.1, 0.15) is 12.8 Å². The van der Waals surface area contributed by atoms with Gasteiger partial charge in [0, 0.05) is 50.8 Å². The standard InChI is InChI=1S/C16H20N6O3/c1-20-14(24)5-9-22(16(20)25)11-13(23)19-12-4-2-8-21(10-12)15-17-6-3-7-18-15/h3,5-7,9,12H,2,4,8,10-11H2,1H3,(H,19,23)/t12-/m1/s1. The van der Waals surface area contributed by atoms with Crippen LogP contribution in [0.5, 0.6) is 0 Å². The van der Waals surface area contributed by atoms with Crippen LogP contribution in [-0.2, 0) is 18.4 Å². The van der Waals surface area contributed by atoms with E-state index in [0.717, 1.165) is 24.0 Å². The van der Waals surface area contributed by atoms with Gasteiger partial charge in [0.05, 0.1) is 0 Å². The quantitative estimate of drug-likeness (QED) is 0.773. The summed E-state index contributed by atoms with van der Waals surface area (Å²) in [7, 11) is 1.39. The molecule has 132 valence electrons. The highest BCUT2D eigenvalue weighted by Crippen LogP contribution is 2.15. The number of carbonyl (C=O) groups excluding carboxylic acids is 1. The number of nitrogens with zero attached hydrogens (tertiary/aromatic N) is 5. The van der Waals surface area contributed by atoms with Gasteiger partial charge in [-0.15, -0.1) is 0 Å². The van der Waals surface area contributed by atoms with Gasteiger partial charge in [-0.25, -0.2) is 14.8 Å². The monoisotopic (exact) mass is 344 g/mol. The van der Waals surface area contributed by atoms with Crippen molar-refractivity contribution in [2.24, 2.45) is 7.05 Å². The average Bonchev–Trinajstić information content (AvgIpc) is 2.63. The highest BCUT2D eigenvalue weighted by molar-refractivity contribution is 5.76. The lowest BCUT2D eigenvalue weighted by molar-refractivity contribution is -0.122. The largest absolute Gasteiger partial charge is 0.350 e. The third kappa shape index (κ3) is 3.93. The molecule has 0 radical (unpaired) electrons. The summed E-state index contributed by atoms with van der Waals surface area (Å²) >= 11 is 0. The van der Waals surface area contributed by atoms with Crippen molar-refractivity contribution in [3.05, 3.63) is 51.6 Å². The van der Waals surface area contributed by atoms with Gasteiger partial charge in [0.25, 0.3) is 5.56 Å². The molecule has 0 unspecified atom stereocenters. The Kier molecular flexibility index (Phi) is 4.92. The zero-order valence-electron chi connectivity index (χ0n) is 14.0. The Morgan fingerprint density at radius 3 is 2.84 bits per heavy atom. The first kappa shape index (κ1) is 16.9. The second-order valence-electron chi connectivity index (χ2n) is 6.02. The number of aromatic nitrogens is 4. The fourth-order valence-corrected chi connectivity index (χ4v) is 2.90. The van der Waals surface area contributed by atoms with E-state index >= 15 is 0 Å². The van der Waals surface area contributed by atoms with Crippen molar-refractivity contribution in [1.29, 1.82) is 0 Å². The van der Waals surface area contributed by atoms with Gasteiger partial charge in [-0.1, -0.05) is 0 Å². The highest BCUT2D eigenvalue weighted by Gasteiger charge is 2.23. The Bertz CT molecular complexity index is 860. The molecule has 25 heavy (non-hydrogen) atoms. The SMILES string of the molecule is Cn1c(=O)ccn(CC(=O)N[C@@H]2CCCN(c3ncccn3)C2)c1=O. The predicted octanol–water partition coefficient (Wildman–Crippen LogP) is -0.878. The topological polar surface area (TPSA) is 102 Å². The third-order valence-corrected chi connectivity index (χ3v) is 4.20. The molecular formula is C16H20N6O3. The number of hydrogen-bond donors (Lipinski definition) is 1. The van der Waals surface area contributed by atoms with Crippen LogP contribution < -0.4 is 21.5 Å². The molecule has 1 aliphatic rings. The van der Waals surface area contributed by atoms with Gasteiger partial charge in [0.15, 0.2) is 0 Å². The Hall–Kier alpha value is -2.97. The van der Waals surface area contributed by atoms with E-state index in [2.05, 4.69) is 15.3 Å². The first-order valence-corrected chi connectivity index (χ1v) is 8.12. The summed E-state index contributed by atoms with van der Waals surface area (Å²) in [5.41, 5.74) is -0.905. The van der Waals surface area contributed by atoms with Gasteiger partial charge in [0.2, 0.25) is 11.9 Å². The molecule has 1 fully saturated rings. The maximum atomic E-state index is 12.3. The van der Waals surface area contributed by atoms with E-state index in [4.69, 9.17) is 0 Å². The Labute approximate surface area is 143 Å². The second-order valence-corrected chi connectivity index (χ2v) is 6.02. The van der Waals surface area contributed by atoms with Gasteiger partial charge < -0.3 is 10.2 Å². The minimum absolute atomic E-state index is 0.0340. The molecule has 0 aliphatic carbocycles. The summed E-state index contributed by atoms with van der Waals surface area (Å²) in [5.74, 6) is 0.386. The lowest BCUT2D eigenvalue weighted by Crippen LogP contribution is -2.49. The van der Waals surface area contributed by atoms with Crippen LogP contribution in [0.15, 0.2) is 40.3 Å². The lowest BCUT2D eigenvalue weighted by Gasteiger charge is -2.33. The van der Waals surface area contributed by atoms with E-state index in [9.17, 15) is 14.4 Å². The minimum atomic E-state index is -0.509. The predicted molar refractivity (Wildman–Crippen MR) is 91.4 cm³/mol. The lowest BCUT2D eigenvalue weighted by atomic mass is 10.1. The van der Waals surface area contributed by atoms with E-state index in [-0.39, 0.29) is 18.5 Å². The van der Waals surface area contributed by atoms with Crippen LogP contribution in [-0.4, -0.2) is 44.1 Å². The van der Waals surface area contributed by atoms with Gasteiger partial charge in [-0.3, -0.25) is 18.7 Å². The molecule has 2 aromatic heterocycles. The molecule has 9 nitrogen and oxygen atoms in total. The fraction of sp³-hybridized carbons (Fsp3) is 0.438. The van der Waals surface area contributed by atoms with Crippen molar-refractivity contribution in [3.8, 4) is 0 Å². The maximum Gasteiger partial charge on any atom is 0.331 e. The Morgan fingerprint density at radius 1 is 1.32 bits per heavy atom. The van der Waals surface area contributed by atoms with E-state index in [1.807, 2.05) is 4.90 Å². The van der Waals surface area contributed by atoms with Crippen LogP contribution in [0.4, 0.5) is 5.95 Å². The van der Waals surface area contributed by atoms with Crippen molar-refractivity contribution in [2.45, 2.75) is 25.4 Å². The zero-order valence-corrected chi connectivity index (χ0v) is 14.0. The number of amides is 1. The molecule has 0 bridgehead atoms. The summed E-state index contributed by atoms with van der Waals surface area (Å²) in [6.07, 6.45) is 6.50. The van der Waals surface area contributed by atoms with E-state index < -0.39 is 11.2 Å². The fourth-order valence-electron chi connectivity index (χ4n) is 2.90. The second kappa shape index (κ2) is 7.29. The molecular weight excluding hydrogens is 324 g/mol. The number of hydrogen-bond acceptors (Lipinski definition) is 6. The molecule has 1 saturated heterocycles. The van der Waals surface area contributed by atoms with Crippen LogP contribution in [0.3, 0.4) is 0 Å². The molecule has 0 aromatic carbocycles. The van der Waals surface area contributed by atoms with Crippen LogP contribution in [0.25, 0.3) is 0 Å². The molecule has 0 saturated carbocycles. The van der Waals surface area contributed by atoms with Crippen molar-refractivity contribution in [2.75, 3.05) is 18.0 Å².